The van der Waals surface area contributed by atoms with Crippen LogP contribution < -0.4 is 5.32 Å². The van der Waals surface area contributed by atoms with E-state index in [1.54, 1.807) is 6.07 Å². The van der Waals surface area contributed by atoms with Crippen LogP contribution in [0.15, 0.2) is 24.3 Å². The highest BCUT2D eigenvalue weighted by Crippen LogP contribution is 2.15. The van der Waals surface area contributed by atoms with Gasteiger partial charge in [0.1, 0.15) is 0 Å². The van der Waals surface area contributed by atoms with Crippen molar-refractivity contribution in [3.05, 3.63) is 34.9 Å². The van der Waals surface area contributed by atoms with Gasteiger partial charge < -0.3 is 5.32 Å². The number of carbonyl (C=O) groups is 1. The maximum atomic E-state index is 11.8. The van der Waals surface area contributed by atoms with Gasteiger partial charge in [-0.2, -0.15) is 0 Å². The molecule has 1 aromatic carbocycles. The fourth-order valence-corrected chi connectivity index (χ4v) is 2.81. The molecule has 2 nitrogen and oxygen atoms in total. The second kappa shape index (κ2) is 7.80. The summed E-state index contributed by atoms with van der Waals surface area (Å²) in [7, 11) is 0. The Morgan fingerprint density at radius 3 is 2.67 bits per heavy atom. The number of nitrogens with one attached hydrogen (secondary N) is 1. The second-order valence-electron chi connectivity index (χ2n) is 4.80. The van der Waals surface area contributed by atoms with Crippen molar-refractivity contribution < 1.29 is 4.79 Å². The van der Waals surface area contributed by atoms with E-state index in [0.29, 0.717) is 28.7 Å². The molecule has 1 aromatic rings. The Morgan fingerprint density at radius 2 is 2.06 bits per heavy atom. The summed E-state index contributed by atoms with van der Waals surface area (Å²) in [5, 5.41) is 3.56. The molecule has 0 bridgehead atoms. The molecular weight excluding hydrogens is 314 g/mol. The summed E-state index contributed by atoms with van der Waals surface area (Å²) in [5.74, 6) is 0.631. The monoisotopic (exact) mass is 331 g/mol. The van der Waals surface area contributed by atoms with Crippen molar-refractivity contribution in [3.8, 4) is 0 Å². The van der Waals surface area contributed by atoms with E-state index >= 15 is 0 Å². The topological polar surface area (TPSA) is 29.1 Å². The highest BCUT2D eigenvalue weighted by Gasteiger charge is 2.10. The molecule has 4 heteroatoms. The van der Waals surface area contributed by atoms with Crippen LogP contribution in [-0.4, -0.2) is 17.3 Å². The van der Waals surface area contributed by atoms with Crippen LogP contribution in [0.1, 0.15) is 25.8 Å². The molecule has 1 unspecified atom stereocenters. The molecule has 0 aliphatic heterocycles. The lowest BCUT2D eigenvalue weighted by Gasteiger charge is -2.13. The average molecular weight is 333 g/mol. The minimum absolute atomic E-state index is 0.0105. The lowest BCUT2D eigenvalue weighted by molar-refractivity contribution is -0.120. The van der Waals surface area contributed by atoms with Gasteiger partial charge in [0.2, 0.25) is 5.91 Å². The van der Waals surface area contributed by atoms with E-state index in [2.05, 4.69) is 35.1 Å². The van der Waals surface area contributed by atoms with Crippen molar-refractivity contribution in [1.29, 1.82) is 0 Å². The van der Waals surface area contributed by atoms with Crippen LogP contribution in [0, 0.1) is 5.92 Å². The Hall–Kier alpha value is -0.540. The number of carbonyl (C=O) groups excluding carboxylic acids is 1. The molecule has 0 radical (unpaired) electrons. The smallest absolute Gasteiger partial charge is 0.224 e. The van der Waals surface area contributed by atoms with Gasteiger partial charge in [0.25, 0.3) is 0 Å². The maximum Gasteiger partial charge on any atom is 0.224 e. The number of alkyl halides is 1. The molecule has 1 amide bonds. The quantitative estimate of drug-likeness (QED) is 0.789. The predicted molar refractivity (Wildman–Crippen MR) is 80.3 cm³/mol. The minimum Gasteiger partial charge on any atom is -0.355 e. The van der Waals surface area contributed by atoms with Crippen molar-refractivity contribution in [2.45, 2.75) is 31.5 Å². The third-order valence-electron chi connectivity index (χ3n) is 2.56. The minimum atomic E-state index is 0.0105. The molecule has 0 heterocycles. The van der Waals surface area contributed by atoms with Crippen molar-refractivity contribution in [1.82, 2.24) is 5.32 Å². The zero-order valence-corrected chi connectivity index (χ0v) is 13.1. The maximum absolute atomic E-state index is 11.8. The fourth-order valence-electron chi connectivity index (χ4n) is 1.70. The summed E-state index contributed by atoms with van der Waals surface area (Å²) in [6, 6.07) is 7.43. The normalized spacial score (nSPS) is 12.5. The third kappa shape index (κ3) is 5.87. The van der Waals surface area contributed by atoms with E-state index in [9.17, 15) is 4.79 Å². The summed E-state index contributed by atoms with van der Waals surface area (Å²) < 4.78 is 0. The van der Waals surface area contributed by atoms with E-state index in [-0.39, 0.29) is 5.91 Å². The number of halogens is 2. The van der Waals surface area contributed by atoms with Crippen molar-refractivity contribution in [2.75, 3.05) is 6.54 Å². The lowest BCUT2D eigenvalue weighted by Crippen LogP contribution is -2.31. The van der Waals surface area contributed by atoms with Crippen molar-refractivity contribution >= 4 is 33.4 Å². The lowest BCUT2D eigenvalue weighted by atomic mass is 10.1. The first-order chi connectivity index (χ1) is 8.49. The van der Waals surface area contributed by atoms with Gasteiger partial charge in [-0.3, -0.25) is 4.79 Å². The van der Waals surface area contributed by atoms with Gasteiger partial charge >= 0.3 is 0 Å². The van der Waals surface area contributed by atoms with E-state index in [4.69, 9.17) is 11.6 Å². The van der Waals surface area contributed by atoms with Gasteiger partial charge in [-0.1, -0.05) is 59.6 Å². The molecule has 18 heavy (non-hydrogen) atoms. The molecule has 100 valence electrons. The summed E-state index contributed by atoms with van der Waals surface area (Å²) in [4.78, 5) is 12.1. The first-order valence-electron chi connectivity index (χ1n) is 6.13. The summed E-state index contributed by atoms with van der Waals surface area (Å²) in [6.07, 6.45) is 1.38. The van der Waals surface area contributed by atoms with Crippen molar-refractivity contribution in [3.63, 3.8) is 0 Å². The average Bonchev–Trinajstić information content (AvgIpc) is 2.29. The predicted octanol–water partition coefficient (Wildman–Crippen LogP) is 3.81. The number of benzene rings is 1. The van der Waals surface area contributed by atoms with Crippen LogP contribution in [0.4, 0.5) is 0 Å². The third-order valence-corrected chi connectivity index (χ3v) is 3.62. The largest absolute Gasteiger partial charge is 0.355 e. The van der Waals surface area contributed by atoms with Gasteiger partial charge in [0, 0.05) is 16.4 Å². The van der Waals surface area contributed by atoms with E-state index in [1.807, 2.05) is 18.2 Å². The zero-order chi connectivity index (χ0) is 13.5. The molecule has 1 rings (SSSR count). The molecule has 0 aliphatic rings. The summed E-state index contributed by atoms with van der Waals surface area (Å²) in [6.45, 7) is 4.99. The molecule has 1 N–H and O–H groups in total. The number of rotatable bonds is 6. The Bertz CT molecular complexity index is 395. The first kappa shape index (κ1) is 15.5. The molecule has 0 saturated carbocycles. The summed E-state index contributed by atoms with van der Waals surface area (Å²) in [5.41, 5.74) is 0.867. The fraction of sp³-hybridized carbons (Fsp3) is 0.500. The molecule has 0 spiro atoms. The van der Waals surface area contributed by atoms with Gasteiger partial charge in [-0.25, -0.2) is 0 Å². The van der Waals surface area contributed by atoms with E-state index in [0.717, 1.165) is 12.0 Å². The Labute approximate surface area is 122 Å². The highest BCUT2D eigenvalue weighted by molar-refractivity contribution is 9.09. The molecule has 0 aliphatic carbocycles. The standard InChI is InChI=1S/C14H19BrClNO/c1-10(2)7-12(15)9-17-14(18)8-11-5-3-4-6-13(11)16/h3-6,10,12H,7-9H2,1-2H3,(H,17,18). The van der Waals surface area contributed by atoms with Gasteiger partial charge in [0.15, 0.2) is 0 Å². The zero-order valence-electron chi connectivity index (χ0n) is 10.7. The molecule has 0 saturated heterocycles. The van der Waals surface area contributed by atoms with Gasteiger partial charge in [-0.05, 0) is 24.0 Å². The van der Waals surface area contributed by atoms with Crippen molar-refractivity contribution in [2.24, 2.45) is 5.92 Å². The van der Waals surface area contributed by atoms with Gasteiger partial charge in [-0.15, -0.1) is 0 Å². The second-order valence-corrected chi connectivity index (χ2v) is 6.50. The van der Waals surface area contributed by atoms with E-state index in [1.165, 1.54) is 0 Å². The Kier molecular flexibility index (Phi) is 6.72. The molecule has 0 aromatic heterocycles. The van der Waals surface area contributed by atoms with Crippen LogP contribution in [0.25, 0.3) is 0 Å². The molecule has 0 fully saturated rings. The summed E-state index contributed by atoms with van der Waals surface area (Å²) >= 11 is 9.58. The molecular formula is C14H19BrClNO. The highest BCUT2D eigenvalue weighted by atomic mass is 79.9. The van der Waals surface area contributed by atoms with Gasteiger partial charge in [0.05, 0.1) is 6.42 Å². The first-order valence-corrected chi connectivity index (χ1v) is 7.42. The van der Waals surface area contributed by atoms with Crippen LogP contribution in [-0.2, 0) is 11.2 Å². The number of hydrogen-bond donors (Lipinski definition) is 1. The van der Waals surface area contributed by atoms with Crippen LogP contribution in [0.2, 0.25) is 5.02 Å². The van der Waals surface area contributed by atoms with Crippen LogP contribution in [0.3, 0.4) is 0 Å². The van der Waals surface area contributed by atoms with E-state index < -0.39 is 0 Å². The SMILES string of the molecule is CC(C)CC(Br)CNC(=O)Cc1ccccc1Cl. The Morgan fingerprint density at radius 1 is 1.39 bits per heavy atom. The van der Waals surface area contributed by atoms with Crippen LogP contribution >= 0.6 is 27.5 Å². The number of hydrogen-bond acceptors (Lipinski definition) is 1. The Balaban J connectivity index is 2.36. The molecule has 1 atom stereocenters. The number of amides is 1. The van der Waals surface area contributed by atoms with Crippen LogP contribution in [0.5, 0.6) is 0 Å².